The van der Waals surface area contributed by atoms with E-state index in [-0.39, 0.29) is 13.2 Å². The highest BCUT2D eigenvalue weighted by molar-refractivity contribution is 5.52. The first-order valence-electron chi connectivity index (χ1n) is 5.58. The predicted molar refractivity (Wildman–Crippen MR) is 61.8 cm³/mol. The zero-order valence-corrected chi connectivity index (χ0v) is 10.0. The third kappa shape index (κ3) is 25.4. The summed E-state index contributed by atoms with van der Waals surface area (Å²) in [7, 11) is 0. The first-order chi connectivity index (χ1) is 8.33. The quantitative estimate of drug-likeness (QED) is 0.381. The van der Waals surface area contributed by atoms with Gasteiger partial charge in [0, 0.05) is 12.8 Å². The minimum Gasteiger partial charge on any atom is -0.394 e. The van der Waals surface area contributed by atoms with Crippen LogP contribution >= 0.6 is 0 Å². The molecule has 0 aliphatic heterocycles. The van der Waals surface area contributed by atoms with Gasteiger partial charge in [0.25, 0.3) is 0 Å². The molecule has 0 aliphatic carbocycles. The molecule has 0 aromatic heterocycles. The molecule has 0 bridgehead atoms. The SMILES string of the molecule is O=CCCCC=O.OCCOCCOCCO. The molecule has 2 N–H and O–H groups in total. The summed E-state index contributed by atoms with van der Waals surface area (Å²) in [6.07, 6.45) is 3.37. The second kappa shape index (κ2) is 20.6. The van der Waals surface area contributed by atoms with Crippen molar-refractivity contribution in [2.24, 2.45) is 0 Å². The molecule has 0 aliphatic rings. The van der Waals surface area contributed by atoms with Crippen molar-refractivity contribution in [3.05, 3.63) is 0 Å². The average molecular weight is 250 g/mol. The van der Waals surface area contributed by atoms with E-state index in [1.807, 2.05) is 0 Å². The second-order valence-electron chi connectivity index (χ2n) is 2.94. The number of unbranched alkanes of at least 4 members (excludes halogenated alkanes) is 2. The van der Waals surface area contributed by atoms with Gasteiger partial charge in [-0.25, -0.2) is 0 Å². The summed E-state index contributed by atoms with van der Waals surface area (Å²) in [6.45, 7) is 1.73. The number of aliphatic hydroxyl groups excluding tert-OH is 2. The number of aliphatic hydroxyl groups is 2. The van der Waals surface area contributed by atoms with Crippen molar-refractivity contribution in [1.29, 1.82) is 0 Å². The number of ether oxygens (including phenoxy) is 2. The summed E-state index contributed by atoms with van der Waals surface area (Å²) >= 11 is 0. The normalized spacial score (nSPS) is 9.29. The van der Waals surface area contributed by atoms with E-state index in [1.165, 1.54) is 0 Å². The number of carbonyl (C=O) groups is 2. The van der Waals surface area contributed by atoms with Gasteiger partial charge in [0.1, 0.15) is 12.6 Å². The zero-order chi connectivity index (χ0) is 13.2. The number of hydrogen-bond acceptors (Lipinski definition) is 6. The highest BCUT2D eigenvalue weighted by Gasteiger charge is 1.86. The van der Waals surface area contributed by atoms with Crippen molar-refractivity contribution in [3.8, 4) is 0 Å². The molecule has 0 spiro atoms. The average Bonchev–Trinajstić information content (AvgIpc) is 2.35. The van der Waals surface area contributed by atoms with E-state index in [0.717, 1.165) is 12.6 Å². The van der Waals surface area contributed by atoms with Gasteiger partial charge in [-0.15, -0.1) is 0 Å². The lowest BCUT2D eigenvalue weighted by Crippen LogP contribution is -2.09. The molecule has 0 amide bonds. The Morgan fingerprint density at radius 1 is 0.765 bits per heavy atom. The highest BCUT2D eigenvalue weighted by atomic mass is 16.5. The smallest absolute Gasteiger partial charge is 0.120 e. The van der Waals surface area contributed by atoms with Crippen molar-refractivity contribution in [1.82, 2.24) is 0 Å². The minimum atomic E-state index is 0.0417. The Labute approximate surface area is 102 Å². The highest BCUT2D eigenvalue weighted by Crippen LogP contribution is 1.85. The summed E-state index contributed by atoms with van der Waals surface area (Å²) in [5.41, 5.74) is 0. The van der Waals surface area contributed by atoms with Crippen LogP contribution in [0.4, 0.5) is 0 Å². The van der Waals surface area contributed by atoms with Crippen molar-refractivity contribution >= 4 is 12.6 Å². The van der Waals surface area contributed by atoms with Gasteiger partial charge < -0.3 is 29.3 Å². The molecule has 0 saturated heterocycles. The Morgan fingerprint density at radius 3 is 1.47 bits per heavy atom. The van der Waals surface area contributed by atoms with Gasteiger partial charge in [-0.3, -0.25) is 0 Å². The predicted octanol–water partition coefficient (Wildman–Crippen LogP) is -0.441. The summed E-state index contributed by atoms with van der Waals surface area (Å²) in [5.74, 6) is 0. The van der Waals surface area contributed by atoms with E-state index in [9.17, 15) is 9.59 Å². The van der Waals surface area contributed by atoms with Crippen LogP contribution in [0.15, 0.2) is 0 Å². The van der Waals surface area contributed by atoms with Gasteiger partial charge in [0.2, 0.25) is 0 Å². The molecular weight excluding hydrogens is 228 g/mol. The Morgan fingerprint density at radius 2 is 1.18 bits per heavy atom. The van der Waals surface area contributed by atoms with Crippen molar-refractivity contribution < 1.29 is 29.3 Å². The molecule has 0 fully saturated rings. The fourth-order valence-corrected chi connectivity index (χ4v) is 0.736. The third-order valence-corrected chi connectivity index (χ3v) is 1.49. The Kier molecular flexibility index (Phi) is 22.4. The molecule has 102 valence electrons. The van der Waals surface area contributed by atoms with E-state index in [2.05, 4.69) is 0 Å². The van der Waals surface area contributed by atoms with Crippen LogP contribution in [-0.4, -0.2) is 62.4 Å². The zero-order valence-electron chi connectivity index (χ0n) is 10.0. The van der Waals surface area contributed by atoms with Crippen LogP contribution in [0.3, 0.4) is 0 Å². The molecular formula is C11H22O6. The third-order valence-electron chi connectivity index (χ3n) is 1.49. The molecule has 0 unspecified atom stereocenters. The monoisotopic (exact) mass is 250 g/mol. The molecule has 0 aromatic carbocycles. The van der Waals surface area contributed by atoms with Crippen LogP contribution in [0.1, 0.15) is 19.3 Å². The van der Waals surface area contributed by atoms with E-state index in [0.29, 0.717) is 45.7 Å². The lowest BCUT2D eigenvalue weighted by atomic mass is 10.3. The van der Waals surface area contributed by atoms with Crippen LogP contribution in [0.5, 0.6) is 0 Å². The molecule has 0 heterocycles. The Hall–Kier alpha value is -0.820. The van der Waals surface area contributed by atoms with Gasteiger partial charge in [-0.05, 0) is 6.42 Å². The van der Waals surface area contributed by atoms with Crippen molar-refractivity contribution in [2.75, 3.05) is 39.6 Å². The molecule has 17 heavy (non-hydrogen) atoms. The Balaban J connectivity index is 0. The van der Waals surface area contributed by atoms with E-state index < -0.39 is 0 Å². The van der Waals surface area contributed by atoms with Crippen LogP contribution < -0.4 is 0 Å². The summed E-state index contributed by atoms with van der Waals surface area (Å²) in [6, 6.07) is 0. The van der Waals surface area contributed by atoms with Crippen molar-refractivity contribution in [2.45, 2.75) is 19.3 Å². The van der Waals surface area contributed by atoms with Crippen LogP contribution in [0, 0.1) is 0 Å². The van der Waals surface area contributed by atoms with Gasteiger partial charge in [0.05, 0.1) is 39.6 Å². The molecule has 0 radical (unpaired) electrons. The summed E-state index contributed by atoms with van der Waals surface area (Å²) < 4.78 is 9.75. The number of aldehydes is 2. The maximum Gasteiger partial charge on any atom is 0.120 e. The lowest BCUT2D eigenvalue weighted by molar-refractivity contribution is -0.108. The largest absolute Gasteiger partial charge is 0.394 e. The fraction of sp³-hybridized carbons (Fsp3) is 0.818. The topological polar surface area (TPSA) is 93.1 Å². The van der Waals surface area contributed by atoms with E-state index in [1.54, 1.807) is 0 Å². The van der Waals surface area contributed by atoms with Gasteiger partial charge in [-0.2, -0.15) is 0 Å². The molecule has 6 heteroatoms. The number of rotatable bonds is 11. The summed E-state index contributed by atoms with van der Waals surface area (Å²) in [4.78, 5) is 19.1. The van der Waals surface area contributed by atoms with Gasteiger partial charge in [-0.1, -0.05) is 0 Å². The first-order valence-corrected chi connectivity index (χ1v) is 5.58. The maximum absolute atomic E-state index is 9.56. The number of hydrogen-bond donors (Lipinski definition) is 2. The number of carbonyl (C=O) groups excluding carboxylic acids is 2. The first kappa shape index (κ1) is 18.5. The van der Waals surface area contributed by atoms with Gasteiger partial charge in [0.15, 0.2) is 0 Å². The second-order valence-corrected chi connectivity index (χ2v) is 2.94. The van der Waals surface area contributed by atoms with Crippen molar-refractivity contribution in [3.63, 3.8) is 0 Å². The molecule has 6 nitrogen and oxygen atoms in total. The van der Waals surface area contributed by atoms with E-state index >= 15 is 0 Å². The molecule has 0 aromatic rings. The minimum absolute atomic E-state index is 0.0417. The summed E-state index contributed by atoms with van der Waals surface area (Å²) in [5, 5.41) is 16.5. The lowest BCUT2D eigenvalue weighted by Gasteiger charge is -2.01. The van der Waals surface area contributed by atoms with Gasteiger partial charge >= 0.3 is 0 Å². The van der Waals surface area contributed by atoms with Crippen LogP contribution in [0.25, 0.3) is 0 Å². The van der Waals surface area contributed by atoms with Crippen LogP contribution in [0.2, 0.25) is 0 Å². The van der Waals surface area contributed by atoms with E-state index in [4.69, 9.17) is 19.7 Å². The molecule has 0 rings (SSSR count). The maximum atomic E-state index is 9.56. The molecule has 0 atom stereocenters. The van der Waals surface area contributed by atoms with Crippen LogP contribution in [-0.2, 0) is 19.1 Å². The standard InChI is InChI=1S/C6H14O4.C5H8O2/c7-1-3-9-5-6-10-4-2-8;6-4-2-1-3-5-7/h7-8H,1-6H2;4-5H,1-3H2. The fourth-order valence-electron chi connectivity index (χ4n) is 0.736. The Bertz CT molecular complexity index is 135. The molecule has 0 saturated carbocycles.